The molecule has 0 amide bonds. The molecule has 1 heterocycles. The molecule has 1 N–H and O–H groups in total. The van der Waals surface area contributed by atoms with Gasteiger partial charge in [-0.25, -0.2) is 0 Å². The third-order valence-corrected chi connectivity index (χ3v) is 7.25. The molecular weight excluding hydrogens is 380 g/mol. The van der Waals surface area contributed by atoms with Crippen molar-refractivity contribution in [2.24, 2.45) is 5.92 Å². The number of ether oxygens (including phenoxy) is 1. The second-order valence-corrected chi connectivity index (χ2v) is 10.4. The molecule has 0 bridgehead atoms. The third kappa shape index (κ3) is 7.24. The molecule has 0 saturated heterocycles. The van der Waals surface area contributed by atoms with Crippen molar-refractivity contribution in [3.8, 4) is 0 Å². The number of hydrogen-bond donors (Lipinski definition) is 1. The molecule has 0 spiro atoms. The van der Waals surface area contributed by atoms with E-state index in [-0.39, 0.29) is 17.6 Å². The van der Waals surface area contributed by atoms with E-state index in [4.69, 9.17) is 4.74 Å². The van der Waals surface area contributed by atoms with Gasteiger partial charge in [0.1, 0.15) is 11.4 Å². The van der Waals surface area contributed by atoms with Gasteiger partial charge in [0.2, 0.25) is 0 Å². The van der Waals surface area contributed by atoms with Gasteiger partial charge in [-0.15, -0.1) is 0 Å². The van der Waals surface area contributed by atoms with Crippen molar-refractivity contribution in [1.82, 2.24) is 0 Å². The molecule has 1 aliphatic carbocycles. The van der Waals surface area contributed by atoms with E-state index in [1.165, 1.54) is 28.7 Å². The summed E-state index contributed by atoms with van der Waals surface area (Å²) in [4.78, 5) is 0. The quantitative estimate of drug-likeness (QED) is 0.375. The van der Waals surface area contributed by atoms with Gasteiger partial charge in [-0.2, -0.15) is 0 Å². The highest BCUT2D eigenvalue weighted by atomic mass is 16.5. The topological polar surface area (TPSA) is 29.5 Å². The smallest absolute Gasteiger partial charge is 0.122 e. The molecule has 174 valence electrons. The average molecular weight is 427 g/mol. The zero-order valence-electron chi connectivity index (χ0n) is 21.4. The van der Waals surface area contributed by atoms with Gasteiger partial charge in [-0.05, 0) is 117 Å². The van der Waals surface area contributed by atoms with Crippen molar-refractivity contribution in [2.45, 2.75) is 118 Å². The van der Waals surface area contributed by atoms with Gasteiger partial charge in [0.15, 0.2) is 0 Å². The van der Waals surface area contributed by atoms with Crippen LogP contribution in [-0.2, 0) is 4.74 Å². The van der Waals surface area contributed by atoms with Gasteiger partial charge >= 0.3 is 0 Å². The summed E-state index contributed by atoms with van der Waals surface area (Å²) in [5.41, 5.74) is 7.80. The number of allylic oxidation sites excluding steroid dienone is 7. The van der Waals surface area contributed by atoms with Crippen molar-refractivity contribution in [3.05, 3.63) is 57.4 Å². The highest BCUT2D eigenvalue weighted by Gasteiger charge is 2.39. The highest BCUT2D eigenvalue weighted by Crippen LogP contribution is 2.45. The first kappa shape index (κ1) is 25.7. The number of aliphatic hydroxyl groups is 1. The third-order valence-electron chi connectivity index (χ3n) is 7.25. The van der Waals surface area contributed by atoms with Gasteiger partial charge in [0, 0.05) is 5.92 Å². The lowest BCUT2D eigenvalue weighted by Gasteiger charge is -2.42. The number of rotatable bonds is 9. The predicted octanol–water partition coefficient (Wildman–Crippen LogP) is 8.36. The summed E-state index contributed by atoms with van der Waals surface area (Å²) in [5.74, 6) is 1.24. The van der Waals surface area contributed by atoms with Gasteiger partial charge in [-0.1, -0.05) is 41.9 Å². The summed E-state index contributed by atoms with van der Waals surface area (Å²) in [6, 6.07) is 0. The van der Waals surface area contributed by atoms with Gasteiger partial charge < -0.3 is 9.84 Å². The Morgan fingerprint density at radius 1 is 1.00 bits per heavy atom. The summed E-state index contributed by atoms with van der Waals surface area (Å²) in [6.07, 6.45) is 15.6. The Kier molecular flexibility index (Phi) is 9.43. The number of aliphatic hydroxyl groups excluding tert-OH is 1. The molecule has 2 nitrogen and oxygen atoms in total. The Morgan fingerprint density at radius 2 is 1.58 bits per heavy atom. The van der Waals surface area contributed by atoms with Crippen molar-refractivity contribution in [2.75, 3.05) is 0 Å². The SMILES string of the molecule is CC(C)=CCC/C(C)=C/CC/C(C)=C/CC[C@]1(C)CCC2=C(O1)C(C)=C(C)C(O)C2C. The van der Waals surface area contributed by atoms with Crippen LogP contribution in [0.1, 0.15) is 107 Å². The molecule has 31 heavy (non-hydrogen) atoms. The van der Waals surface area contributed by atoms with Crippen molar-refractivity contribution >= 4 is 0 Å². The molecule has 2 rings (SSSR count). The second kappa shape index (κ2) is 11.4. The molecule has 2 unspecified atom stereocenters. The first-order chi connectivity index (χ1) is 14.5. The van der Waals surface area contributed by atoms with Crippen LogP contribution in [0.4, 0.5) is 0 Å². The molecule has 2 heteroatoms. The van der Waals surface area contributed by atoms with Crippen LogP contribution < -0.4 is 0 Å². The fourth-order valence-corrected chi connectivity index (χ4v) is 4.73. The Morgan fingerprint density at radius 3 is 2.19 bits per heavy atom. The van der Waals surface area contributed by atoms with E-state index in [0.29, 0.717) is 0 Å². The Bertz CT molecular complexity index is 786. The maximum absolute atomic E-state index is 10.5. The predicted molar refractivity (Wildman–Crippen MR) is 134 cm³/mol. The lowest BCUT2D eigenvalue weighted by atomic mass is 9.76. The normalized spacial score (nSPS) is 27.3. The van der Waals surface area contributed by atoms with E-state index in [9.17, 15) is 5.11 Å². The standard InChI is InChI=1S/C29H46O2/c1-20(2)12-9-13-21(3)14-10-15-22(4)16-11-18-29(8)19-17-26-25(7)27(30)23(5)24(6)28(26)31-29/h12,14,16,25,27,30H,9-11,13,15,17-19H2,1-8H3/b21-14+,22-16+/t25?,27?,29-/m1/s1. The van der Waals surface area contributed by atoms with E-state index < -0.39 is 0 Å². The van der Waals surface area contributed by atoms with Crippen LogP contribution in [0.15, 0.2) is 57.4 Å². The van der Waals surface area contributed by atoms with Gasteiger partial charge in [0.05, 0.1) is 6.10 Å². The average Bonchev–Trinajstić information content (AvgIpc) is 2.70. The highest BCUT2D eigenvalue weighted by molar-refractivity contribution is 5.42. The van der Waals surface area contributed by atoms with E-state index in [1.54, 1.807) is 0 Å². The van der Waals surface area contributed by atoms with Crippen LogP contribution in [0.3, 0.4) is 0 Å². The molecule has 0 aromatic carbocycles. The lowest BCUT2D eigenvalue weighted by Crippen LogP contribution is -2.37. The summed E-state index contributed by atoms with van der Waals surface area (Å²) in [7, 11) is 0. The molecule has 0 radical (unpaired) electrons. The minimum absolute atomic E-state index is 0.111. The molecule has 3 atom stereocenters. The van der Waals surface area contributed by atoms with E-state index in [2.05, 4.69) is 66.7 Å². The molecule has 0 aromatic heterocycles. The monoisotopic (exact) mass is 426 g/mol. The summed E-state index contributed by atoms with van der Waals surface area (Å²) in [5, 5.41) is 10.5. The van der Waals surface area contributed by atoms with Crippen LogP contribution in [0.5, 0.6) is 0 Å². The van der Waals surface area contributed by atoms with Crippen LogP contribution in [0, 0.1) is 5.92 Å². The summed E-state index contributed by atoms with van der Waals surface area (Å²) < 4.78 is 6.60. The van der Waals surface area contributed by atoms with E-state index in [0.717, 1.165) is 61.9 Å². The van der Waals surface area contributed by atoms with Crippen LogP contribution in [0.25, 0.3) is 0 Å². The van der Waals surface area contributed by atoms with E-state index in [1.807, 2.05) is 6.92 Å². The molecule has 0 saturated carbocycles. The molecule has 2 aliphatic rings. The summed E-state index contributed by atoms with van der Waals surface area (Å²) >= 11 is 0. The molecule has 1 aliphatic heterocycles. The van der Waals surface area contributed by atoms with Crippen molar-refractivity contribution < 1.29 is 9.84 Å². The Hall–Kier alpha value is -1.54. The van der Waals surface area contributed by atoms with Crippen molar-refractivity contribution in [1.29, 1.82) is 0 Å². The van der Waals surface area contributed by atoms with E-state index >= 15 is 0 Å². The maximum Gasteiger partial charge on any atom is 0.122 e. The van der Waals surface area contributed by atoms with Crippen LogP contribution in [0.2, 0.25) is 0 Å². The second-order valence-electron chi connectivity index (χ2n) is 10.4. The fourth-order valence-electron chi connectivity index (χ4n) is 4.73. The van der Waals surface area contributed by atoms with Crippen LogP contribution >= 0.6 is 0 Å². The number of hydrogen-bond acceptors (Lipinski definition) is 2. The first-order valence-corrected chi connectivity index (χ1v) is 12.3. The Labute approximate surface area is 191 Å². The largest absolute Gasteiger partial charge is 0.487 e. The molecule has 0 aromatic rings. The maximum atomic E-state index is 10.5. The Balaban J connectivity index is 1.84. The molecule has 0 fully saturated rings. The van der Waals surface area contributed by atoms with Gasteiger partial charge in [-0.3, -0.25) is 0 Å². The fraction of sp³-hybridized carbons (Fsp3) is 0.655. The van der Waals surface area contributed by atoms with Crippen LogP contribution in [-0.4, -0.2) is 16.8 Å². The minimum atomic E-state index is -0.359. The lowest BCUT2D eigenvalue weighted by molar-refractivity contribution is -0.0137. The van der Waals surface area contributed by atoms with Gasteiger partial charge in [0.25, 0.3) is 0 Å². The summed E-state index contributed by atoms with van der Waals surface area (Å²) in [6.45, 7) is 17.4. The first-order valence-electron chi connectivity index (χ1n) is 12.3. The minimum Gasteiger partial charge on any atom is -0.487 e. The van der Waals surface area contributed by atoms with Crippen molar-refractivity contribution in [3.63, 3.8) is 0 Å². The zero-order valence-corrected chi connectivity index (χ0v) is 21.4. The zero-order chi connectivity index (χ0) is 23.2. The molecular formula is C29H46O2.